The number of nitrogens with zero attached hydrogens (tertiary/aromatic N) is 1. The van der Waals surface area contributed by atoms with E-state index in [0.717, 1.165) is 0 Å². The molecule has 0 amide bonds. The summed E-state index contributed by atoms with van der Waals surface area (Å²) in [4.78, 5) is 5.30. The third kappa shape index (κ3) is 4.20. The molecule has 54 heavy (non-hydrogen) atoms. The van der Waals surface area contributed by atoms with Gasteiger partial charge in [0.05, 0.1) is 15.9 Å². The van der Waals surface area contributed by atoms with Gasteiger partial charge in [0.2, 0.25) is 0 Å². The average Bonchev–Trinajstić information content (AvgIpc) is 3.67. The number of hydrogen-bond donors (Lipinski definition) is 0. The van der Waals surface area contributed by atoms with Gasteiger partial charge in [-0.2, -0.15) is 0 Å². The minimum atomic E-state index is -0.0716. The molecule has 1 aliphatic carbocycles. The first kappa shape index (κ1) is 30.7. The van der Waals surface area contributed by atoms with Crippen molar-refractivity contribution in [2.75, 3.05) is 0 Å². The second-order valence-electron chi connectivity index (χ2n) is 15.3. The molecule has 0 spiro atoms. The number of aromatic nitrogens is 1. The summed E-state index contributed by atoms with van der Waals surface area (Å²) in [7, 11) is 0. The van der Waals surface area contributed by atoms with Crippen LogP contribution in [0.15, 0.2) is 183 Å². The van der Waals surface area contributed by atoms with E-state index in [4.69, 9.17) is 0 Å². The second kappa shape index (κ2) is 11.1. The van der Waals surface area contributed by atoms with E-state index in [2.05, 4.69) is 182 Å². The molecule has 2 heterocycles. The SMILES string of the molecule is CC1(C)c2ccccc2-c2cc3c(cc21)c1ccc2c(c1n3-c1cccc(-c3ccc4c5ccccc5c5ccccc5c4c3)c1)Sc1ccccc1S2. The Balaban J connectivity index is 1.13. The van der Waals surface area contributed by atoms with E-state index >= 15 is 0 Å². The van der Waals surface area contributed by atoms with E-state index < -0.39 is 0 Å². The van der Waals surface area contributed by atoms with Crippen LogP contribution in [0.3, 0.4) is 0 Å². The van der Waals surface area contributed by atoms with Crippen LogP contribution >= 0.6 is 23.5 Å². The van der Waals surface area contributed by atoms with Gasteiger partial charge in [0.1, 0.15) is 0 Å². The van der Waals surface area contributed by atoms with Crippen molar-refractivity contribution in [3.63, 3.8) is 0 Å². The lowest BCUT2D eigenvalue weighted by Crippen LogP contribution is -2.14. The fourth-order valence-corrected chi connectivity index (χ4v) is 11.8. The van der Waals surface area contributed by atoms with Gasteiger partial charge in [-0.3, -0.25) is 0 Å². The molecule has 1 nitrogen and oxygen atoms in total. The molecule has 0 radical (unpaired) electrons. The van der Waals surface area contributed by atoms with Crippen molar-refractivity contribution >= 4 is 77.6 Å². The van der Waals surface area contributed by atoms with Gasteiger partial charge >= 0.3 is 0 Å². The first-order valence-electron chi connectivity index (χ1n) is 18.7. The second-order valence-corrected chi connectivity index (χ2v) is 17.4. The highest BCUT2D eigenvalue weighted by Gasteiger charge is 2.36. The Morgan fingerprint density at radius 3 is 1.81 bits per heavy atom. The summed E-state index contributed by atoms with van der Waals surface area (Å²) in [6.45, 7) is 4.76. The number of rotatable bonds is 2. The van der Waals surface area contributed by atoms with Crippen LogP contribution < -0.4 is 0 Å². The van der Waals surface area contributed by atoms with Crippen molar-refractivity contribution in [1.29, 1.82) is 0 Å². The van der Waals surface area contributed by atoms with Gasteiger partial charge < -0.3 is 4.57 Å². The maximum Gasteiger partial charge on any atom is 0.0692 e. The van der Waals surface area contributed by atoms with Crippen LogP contribution in [0.1, 0.15) is 25.0 Å². The monoisotopic (exact) mass is 723 g/mol. The smallest absolute Gasteiger partial charge is 0.0692 e. The number of benzene rings is 9. The van der Waals surface area contributed by atoms with Gasteiger partial charge in [-0.25, -0.2) is 0 Å². The van der Waals surface area contributed by atoms with E-state index in [1.807, 2.05) is 23.5 Å². The number of hydrogen-bond acceptors (Lipinski definition) is 2. The van der Waals surface area contributed by atoms with Gasteiger partial charge in [0.25, 0.3) is 0 Å². The predicted molar refractivity (Wildman–Crippen MR) is 231 cm³/mol. The molecule has 10 aromatic rings. The largest absolute Gasteiger partial charge is 0.308 e. The molecule has 0 fully saturated rings. The molecule has 0 saturated carbocycles. The quantitative estimate of drug-likeness (QED) is 0.164. The van der Waals surface area contributed by atoms with Crippen molar-refractivity contribution in [2.24, 2.45) is 0 Å². The van der Waals surface area contributed by atoms with Crippen LogP contribution in [0.2, 0.25) is 0 Å². The summed E-state index contributed by atoms with van der Waals surface area (Å²) in [5.41, 5.74) is 11.6. The molecule has 1 aliphatic heterocycles. The van der Waals surface area contributed by atoms with Crippen LogP contribution in [0, 0.1) is 0 Å². The lowest BCUT2D eigenvalue weighted by Gasteiger charge is -2.21. The molecular weight excluding hydrogens is 691 g/mol. The Hall–Kier alpha value is -5.74. The standard InChI is InChI=1S/C51H33NS2/c1-51(2)43-19-8-7-18-38(43)41-29-45-42(28-44(41)51)39-24-25-48-50(54-47-21-10-9-20-46(47)53-48)49(39)52(45)32-13-11-12-30(26-32)31-22-23-37-35-16-4-3-14-33(35)34-15-5-6-17-36(34)40(37)27-31/h3-29H,1-2H3. The Morgan fingerprint density at radius 1 is 0.407 bits per heavy atom. The molecular formula is C51H33NS2. The van der Waals surface area contributed by atoms with Crippen LogP contribution in [-0.2, 0) is 5.41 Å². The molecule has 0 atom stereocenters. The minimum absolute atomic E-state index is 0.0716. The summed E-state index contributed by atoms with van der Waals surface area (Å²) in [6, 6.07) is 61.5. The fraction of sp³-hybridized carbons (Fsp3) is 0.0588. The van der Waals surface area contributed by atoms with Crippen molar-refractivity contribution < 1.29 is 0 Å². The third-order valence-electron chi connectivity index (χ3n) is 12.0. The highest BCUT2D eigenvalue weighted by Crippen LogP contribution is 2.55. The van der Waals surface area contributed by atoms with Gasteiger partial charge in [-0.1, -0.05) is 153 Å². The van der Waals surface area contributed by atoms with Crippen molar-refractivity contribution in [3.8, 4) is 27.9 Å². The van der Waals surface area contributed by atoms with Crippen LogP contribution in [0.4, 0.5) is 0 Å². The fourth-order valence-electron chi connectivity index (χ4n) is 9.46. The van der Waals surface area contributed by atoms with Gasteiger partial charge in [0.15, 0.2) is 0 Å². The first-order valence-corrected chi connectivity index (χ1v) is 20.3. The maximum atomic E-state index is 2.56. The van der Waals surface area contributed by atoms with Crippen molar-refractivity contribution in [3.05, 3.63) is 175 Å². The summed E-state index contributed by atoms with van der Waals surface area (Å²) in [5, 5.41) is 10.4. The molecule has 0 saturated heterocycles. The topological polar surface area (TPSA) is 4.93 Å². The zero-order valence-corrected chi connectivity index (χ0v) is 31.5. The molecule has 0 bridgehead atoms. The molecule has 254 valence electrons. The van der Waals surface area contributed by atoms with Crippen LogP contribution in [-0.4, -0.2) is 4.57 Å². The Bertz CT molecular complexity index is 3220. The lowest BCUT2D eigenvalue weighted by molar-refractivity contribution is 0.661. The average molecular weight is 724 g/mol. The van der Waals surface area contributed by atoms with Crippen molar-refractivity contribution in [2.45, 2.75) is 38.8 Å². The highest BCUT2D eigenvalue weighted by molar-refractivity contribution is 8.05. The zero-order valence-electron chi connectivity index (χ0n) is 29.9. The lowest BCUT2D eigenvalue weighted by atomic mass is 9.82. The summed E-state index contributed by atoms with van der Waals surface area (Å²) in [5.74, 6) is 0. The molecule has 9 aromatic carbocycles. The molecule has 1 aromatic heterocycles. The summed E-state index contributed by atoms with van der Waals surface area (Å²) in [6.07, 6.45) is 0. The van der Waals surface area contributed by atoms with E-state index in [9.17, 15) is 0 Å². The highest BCUT2D eigenvalue weighted by atomic mass is 32.2. The Kier molecular flexibility index (Phi) is 6.33. The Morgan fingerprint density at radius 2 is 1.04 bits per heavy atom. The normalized spacial score (nSPS) is 14.1. The molecule has 3 heteroatoms. The minimum Gasteiger partial charge on any atom is -0.308 e. The van der Waals surface area contributed by atoms with E-state index in [1.165, 1.54) is 113 Å². The molecule has 0 N–H and O–H groups in total. The predicted octanol–water partition coefficient (Wildman–Crippen LogP) is 14.8. The summed E-state index contributed by atoms with van der Waals surface area (Å²) >= 11 is 3.81. The van der Waals surface area contributed by atoms with Crippen molar-refractivity contribution in [1.82, 2.24) is 4.57 Å². The van der Waals surface area contributed by atoms with Gasteiger partial charge in [-0.15, -0.1) is 0 Å². The third-order valence-corrected chi connectivity index (χ3v) is 14.6. The van der Waals surface area contributed by atoms with Crippen LogP contribution in [0.25, 0.3) is 82.1 Å². The molecule has 0 unspecified atom stereocenters. The molecule has 12 rings (SSSR count). The van der Waals surface area contributed by atoms with Gasteiger partial charge in [0, 0.05) is 36.6 Å². The zero-order chi connectivity index (χ0) is 35.7. The maximum absolute atomic E-state index is 2.56. The Labute approximate surface area is 322 Å². The van der Waals surface area contributed by atoms with Crippen LogP contribution in [0.5, 0.6) is 0 Å². The van der Waals surface area contributed by atoms with Gasteiger partial charge in [-0.05, 0) is 114 Å². The van der Waals surface area contributed by atoms with E-state index in [1.54, 1.807) is 0 Å². The first-order chi connectivity index (χ1) is 26.5. The molecule has 2 aliphatic rings. The number of fused-ring (bicyclic) bond motifs is 15. The van der Waals surface area contributed by atoms with E-state index in [0.29, 0.717) is 0 Å². The van der Waals surface area contributed by atoms with E-state index in [-0.39, 0.29) is 5.41 Å². The summed E-state index contributed by atoms with van der Waals surface area (Å²) < 4.78 is 2.56.